The molecule has 0 atom stereocenters. The lowest BCUT2D eigenvalue weighted by molar-refractivity contribution is 0.631. The fourth-order valence-electron chi connectivity index (χ4n) is 3.67. The summed E-state index contributed by atoms with van der Waals surface area (Å²) in [4.78, 5) is 14.1. The zero-order chi connectivity index (χ0) is 23.5. The molecule has 0 fully saturated rings. The average Bonchev–Trinajstić information content (AvgIpc) is 3.25. The number of pyridine rings is 1. The topological polar surface area (TPSA) is 78.9 Å². The molecule has 0 unspecified atom stereocenters. The molecule has 7 heteroatoms. The molecule has 0 radical (unpaired) electrons. The summed E-state index contributed by atoms with van der Waals surface area (Å²) in [5.74, 6) is 0.293. The number of halogens is 1. The van der Waals surface area contributed by atoms with Crippen LogP contribution in [0.4, 0.5) is 21.7 Å². The standard InChI is InChI=1S/C27H19FN6/c1-34-17-30-26-23(34)15-24(31-22-13-12-18(16-29)14-21(22)28)32-27(26)33-25(19-8-4-2-5-9-19)20-10-6-3-7-11-20/h2-15,17H,1H3,(H,31,32). The van der Waals surface area contributed by atoms with Gasteiger partial charge in [0.2, 0.25) is 0 Å². The second-order valence-corrected chi connectivity index (χ2v) is 7.68. The minimum atomic E-state index is -0.537. The van der Waals surface area contributed by atoms with Crippen LogP contribution in [-0.4, -0.2) is 20.2 Å². The number of aromatic nitrogens is 3. The first-order valence-corrected chi connectivity index (χ1v) is 10.6. The molecule has 0 amide bonds. The Labute approximate surface area is 195 Å². The smallest absolute Gasteiger partial charge is 0.183 e. The predicted molar refractivity (Wildman–Crippen MR) is 131 cm³/mol. The number of imidazole rings is 1. The highest BCUT2D eigenvalue weighted by molar-refractivity contribution is 6.14. The number of anilines is 2. The van der Waals surface area contributed by atoms with Gasteiger partial charge in [0.15, 0.2) is 5.82 Å². The number of hydrogen-bond acceptors (Lipinski definition) is 5. The number of aryl methyl sites for hydroxylation is 1. The summed E-state index contributed by atoms with van der Waals surface area (Å²) in [6, 6.07) is 27.7. The molecule has 0 saturated carbocycles. The normalized spacial score (nSPS) is 10.6. The van der Waals surface area contributed by atoms with Crippen LogP contribution in [0.2, 0.25) is 0 Å². The van der Waals surface area contributed by atoms with Gasteiger partial charge in [0, 0.05) is 24.2 Å². The molecular formula is C27H19FN6. The van der Waals surface area contributed by atoms with Crippen molar-refractivity contribution in [2.45, 2.75) is 0 Å². The molecule has 6 nitrogen and oxygen atoms in total. The highest BCUT2D eigenvalue weighted by Crippen LogP contribution is 2.29. The quantitative estimate of drug-likeness (QED) is 0.341. The molecule has 0 spiro atoms. The maximum atomic E-state index is 14.5. The van der Waals surface area contributed by atoms with E-state index in [4.69, 9.17) is 10.3 Å². The summed E-state index contributed by atoms with van der Waals surface area (Å²) in [6.07, 6.45) is 1.70. The number of nitriles is 1. The molecule has 34 heavy (non-hydrogen) atoms. The van der Waals surface area contributed by atoms with Gasteiger partial charge < -0.3 is 9.88 Å². The Kier molecular flexibility index (Phi) is 5.55. The second kappa shape index (κ2) is 8.96. The number of aliphatic imine (C=N–C) groups is 1. The number of nitrogens with one attached hydrogen (secondary N) is 1. The van der Waals surface area contributed by atoms with Gasteiger partial charge in [0.1, 0.15) is 17.2 Å². The van der Waals surface area contributed by atoms with Gasteiger partial charge in [-0.25, -0.2) is 19.4 Å². The van der Waals surface area contributed by atoms with Gasteiger partial charge in [-0.15, -0.1) is 0 Å². The van der Waals surface area contributed by atoms with E-state index in [9.17, 15) is 4.39 Å². The molecule has 0 bridgehead atoms. The lowest BCUT2D eigenvalue weighted by Gasteiger charge is -2.11. The minimum Gasteiger partial charge on any atom is -0.338 e. The van der Waals surface area contributed by atoms with Crippen molar-refractivity contribution in [3.8, 4) is 6.07 Å². The van der Waals surface area contributed by atoms with Gasteiger partial charge in [0.05, 0.1) is 34.9 Å². The van der Waals surface area contributed by atoms with Crippen LogP contribution in [0.15, 0.2) is 96.2 Å². The van der Waals surface area contributed by atoms with E-state index < -0.39 is 5.82 Å². The van der Waals surface area contributed by atoms with Crippen molar-refractivity contribution in [1.29, 1.82) is 5.26 Å². The molecule has 0 aliphatic heterocycles. The van der Waals surface area contributed by atoms with Gasteiger partial charge in [-0.05, 0) is 18.2 Å². The number of fused-ring (bicyclic) bond motifs is 1. The molecule has 1 N–H and O–H groups in total. The Morgan fingerprint density at radius 3 is 2.26 bits per heavy atom. The summed E-state index contributed by atoms with van der Waals surface area (Å²) in [5.41, 5.74) is 4.53. The van der Waals surface area contributed by atoms with Gasteiger partial charge in [-0.2, -0.15) is 5.26 Å². The highest BCUT2D eigenvalue weighted by Gasteiger charge is 2.14. The van der Waals surface area contributed by atoms with E-state index in [1.807, 2.05) is 78.3 Å². The van der Waals surface area contributed by atoms with Gasteiger partial charge >= 0.3 is 0 Å². The lowest BCUT2D eigenvalue weighted by atomic mass is 10.0. The Morgan fingerprint density at radius 1 is 0.971 bits per heavy atom. The maximum absolute atomic E-state index is 14.5. The molecule has 0 aliphatic rings. The van der Waals surface area contributed by atoms with Gasteiger partial charge in [-0.3, -0.25) is 0 Å². The van der Waals surface area contributed by atoms with E-state index in [1.54, 1.807) is 18.5 Å². The van der Waals surface area contributed by atoms with E-state index in [0.29, 0.717) is 17.2 Å². The van der Waals surface area contributed by atoms with E-state index >= 15 is 0 Å². The highest BCUT2D eigenvalue weighted by atomic mass is 19.1. The van der Waals surface area contributed by atoms with E-state index in [2.05, 4.69) is 15.3 Å². The summed E-state index contributed by atoms with van der Waals surface area (Å²) >= 11 is 0. The van der Waals surface area contributed by atoms with Crippen LogP contribution in [-0.2, 0) is 7.05 Å². The van der Waals surface area contributed by atoms with Crippen molar-refractivity contribution in [2.75, 3.05) is 5.32 Å². The maximum Gasteiger partial charge on any atom is 0.183 e. The van der Waals surface area contributed by atoms with Crippen LogP contribution < -0.4 is 5.32 Å². The van der Waals surface area contributed by atoms with E-state index in [1.165, 1.54) is 12.1 Å². The van der Waals surface area contributed by atoms with Crippen LogP contribution >= 0.6 is 0 Å². The van der Waals surface area contributed by atoms with Crippen molar-refractivity contribution in [1.82, 2.24) is 14.5 Å². The summed E-state index contributed by atoms with van der Waals surface area (Å²) in [5, 5.41) is 12.0. The van der Waals surface area contributed by atoms with Crippen molar-refractivity contribution >= 4 is 34.1 Å². The first kappa shape index (κ1) is 21.0. The monoisotopic (exact) mass is 446 g/mol. The Bertz CT molecular complexity index is 1510. The SMILES string of the molecule is Cn1cnc2c(N=C(c3ccccc3)c3ccccc3)nc(Nc3ccc(C#N)cc3F)cc21. The van der Waals surface area contributed by atoms with E-state index in [-0.39, 0.29) is 11.3 Å². The third kappa shape index (κ3) is 4.12. The Balaban J connectivity index is 1.67. The van der Waals surface area contributed by atoms with Gasteiger partial charge in [-0.1, -0.05) is 60.7 Å². The third-order valence-corrected chi connectivity index (χ3v) is 5.37. The minimum absolute atomic E-state index is 0.217. The second-order valence-electron chi connectivity index (χ2n) is 7.68. The predicted octanol–water partition coefficient (Wildman–Crippen LogP) is 5.89. The van der Waals surface area contributed by atoms with Crippen molar-refractivity contribution in [3.05, 3.63) is 114 Å². The Morgan fingerprint density at radius 2 is 1.65 bits per heavy atom. The molecule has 5 aromatic rings. The summed E-state index contributed by atoms with van der Waals surface area (Å²) < 4.78 is 16.4. The fraction of sp³-hybridized carbons (Fsp3) is 0.0370. The molecular weight excluding hydrogens is 427 g/mol. The number of nitrogens with zero attached hydrogens (tertiary/aromatic N) is 5. The third-order valence-electron chi connectivity index (χ3n) is 5.37. The average molecular weight is 446 g/mol. The first-order chi connectivity index (χ1) is 16.6. The van der Waals surface area contributed by atoms with Gasteiger partial charge in [0.25, 0.3) is 0 Å². The van der Waals surface area contributed by atoms with Crippen molar-refractivity contribution in [3.63, 3.8) is 0 Å². The zero-order valence-electron chi connectivity index (χ0n) is 18.3. The van der Waals surface area contributed by atoms with Crippen LogP contribution in [0, 0.1) is 17.1 Å². The fourth-order valence-corrected chi connectivity index (χ4v) is 3.67. The van der Waals surface area contributed by atoms with Crippen LogP contribution in [0.1, 0.15) is 16.7 Å². The molecule has 2 aromatic heterocycles. The van der Waals surface area contributed by atoms with Crippen LogP contribution in [0.5, 0.6) is 0 Å². The van der Waals surface area contributed by atoms with Crippen molar-refractivity contribution in [2.24, 2.45) is 12.0 Å². The first-order valence-electron chi connectivity index (χ1n) is 10.6. The summed E-state index contributed by atoms with van der Waals surface area (Å²) in [7, 11) is 1.88. The Hall–Kier alpha value is -4.83. The lowest BCUT2D eigenvalue weighted by Crippen LogP contribution is -2.04. The molecule has 3 aromatic carbocycles. The largest absolute Gasteiger partial charge is 0.338 e. The molecule has 2 heterocycles. The van der Waals surface area contributed by atoms with Crippen molar-refractivity contribution < 1.29 is 4.39 Å². The molecule has 5 rings (SSSR count). The number of rotatable bonds is 5. The summed E-state index contributed by atoms with van der Waals surface area (Å²) in [6.45, 7) is 0. The zero-order valence-corrected chi connectivity index (χ0v) is 18.3. The van der Waals surface area contributed by atoms with Crippen LogP contribution in [0.25, 0.3) is 11.0 Å². The number of hydrogen-bond donors (Lipinski definition) is 1. The van der Waals surface area contributed by atoms with Crippen LogP contribution in [0.3, 0.4) is 0 Å². The molecule has 0 saturated heterocycles. The van der Waals surface area contributed by atoms with E-state index in [0.717, 1.165) is 22.4 Å². The molecule has 164 valence electrons. The number of benzene rings is 3. The molecule has 0 aliphatic carbocycles.